The third-order valence-corrected chi connectivity index (χ3v) is 5.60. The Morgan fingerprint density at radius 2 is 2.12 bits per heavy atom. The zero-order valence-electron chi connectivity index (χ0n) is 15.5. The average molecular weight is 377 g/mol. The summed E-state index contributed by atoms with van der Waals surface area (Å²) >= 11 is 0. The quantitative estimate of drug-likeness (QED) is 0.595. The zero-order chi connectivity index (χ0) is 19.5. The summed E-state index contributed by atoms with van der Waals surface area (Å²) in [7, 11) is -2.30. The first kappa shape index (κ1) is 20.1. The lowest BCUT2D eigenvalue weighted by molar-refractivity contribution is 0.416. The fourth-order valence-corrected chi connectivity index (χ4v) is 3.88. The van der Waals surface area contributed by atoms with Crippen LogP contribution in [0.4, 0.5) is 15.8 Å². The highest BCUT2D eigenvalue weighted by atomic mass is 32.2. The van der Waals surface area contributed by atoms with E-state index < -0.39 is 22.1 Å². The zero-order valence-corrected chi connectivity index (χ0v) is 16.3. The lowest BCUT2D eigenvalue weighted by atomic mass is 9.95. The van der Waals surface area contributed by atoms with Crippen LogP contribution in [0.3, 0.4) is 0 Å². The first-order valence-corrected chi connectivity index (χ1v) is 9.77. The van der Waals surface area contributed by atoms with Gasteiger partial charge >= 0.3 is 10.2 Å². The van der Waals surface area contributed by atoms with Gasteiger partial charge in [-0.15, -0.1) is 0 Å². The molecule has 1 atom stereocenters. The number of aliphatic imine (C=N–C) groups is 1. The van der Waals surface area contributed by atoms with Gasteiger partial charge in [-0.25, -0.2) is 4.39 Å². The van der Waals surface area contributed by atoms with Crippen LogP contribution in [0.2, 0.25) is 0 Å². The molecule has 0 saturated heterocycles. The van der Waals surface area contributed by atoms with Crippen molar-refractivity contribution in [1.82, 2.24) is 4.31 Å². The average Bonchev–Trinajstić information content (AvgIpc) is 2.60. The Labute approximate surface area is 154 Å². The van der Waals surface area contributed by atoms with E-state index in [2.05, 4.69) is 16.3 Å². The molecule has 0 saturated carbocycles. The van der Waals surface area contributed by atoms with Crippen LogP contribution >= 0.6 is 0 Å². The highest BCUT2D eigenvalue weighted by Gasteiger charge is 2.37. The Morgan fingerprint density at radius 3 is 2.73 bits per heavy atom. The van der Waals surface area contributed by atoms with Gasteiger partial charge in [0.2, 0.25) is 0 Å². The molecular formula is C19H24FN3O2S. The monoisotopic (exact) mass is 377 g/mol. The number of fused-ring (bicyclic) bond motifs is 1. The van der Waals surface area contributed by atoms with E-state index in [9.17, 15) is 12.8 Å². The minimum Gasteiger partial charge on any atom is -0.268 e. The van der Waals surface area contributed by atoms with E-state index >= 15 is 0 Å². The molecule has 0 radical (unpaired) electrons. The van der Waals surface area contributed by atoms with Gasteiger partial charge in [-0.3, -0.25) is 9.71 Å². The Balaban J connectivity index is 2.63. The number of anilines is 1. The van der Waals surface area contributed by atoms with E-state index in [-0.39, 0.29) is 0 Å². The highest BCUT2D eigenvalue weighted by Crippen LogP contribution is 2.44. The molecule has 140 valence electrons. The molecule has 0 aliphatic carbocycles. The van der Waals surface area contributed by atoms with Crippen LogP contribution in [0.15, 0.2) is 53.3 Å². The summed E-state index contributed by atoms with van der Waals surface area (Å²) in [5.41, 5.74) is 3.08. The number of benzene rings is 1. The van der Waals surface area contributed by atoms with Crippen molar-refractivity contribution in [2.45, 2.75) is 33.2 Å². The van der Waals surface area contributed by atoms with Crippen LogP contribution in [0.1, 0.15) is 37.4 Å². The number of halogens is 1. The number of likely N-dealkylation sites (N-methyl/N-ethyl adjacent to an activating group) is 1. The van der Waals surface area contributed by atoms with E-state index in [0.717, 1.165) is 17.5 Å². The topological polar surface area (TPSA) is 61.8 Å². The molecule has 5 nitrogen and oxygen atoms in total. The molecule has 1 aromatic carbocycles. The molecule has 0 fully saturated rings. The van der Waals surface area contributed by atoms with Gasteiger partial charge in [-0.1, -0.05) is 37.8 Å². The Bertz CT molecular complexity index is 902. The first-order chi connectivity index (χ1) is 12.2. The summed E-state index contributed by atoms with van der Waals surface area (Å²) in [6.07, 6.45) is 6.56. The van der Waals surface area contributed by atoms with Crippen molar-refractivity contribution in [2.24, 2.45) is 4.99 Å². The molecule has 1 N–H and O–H groups in total. The van der Waals surface area contributed by atoms with Crippen LogP contribution < -0.4 is 4.72 Å². The molecule has 7 heteroatoms. The second-order valence-corrected chi connectivity index (χ2v) is 7.75. The lowest BCUT2D eigenvalue weighted by Gasteiger charge is -2.35. The predicted molar refractivity (Wildman–Crippen MR) is 106 cm³/mol. The molecular weight excluding hydrogens is 353 g/mol. The third-order valence-electron chi connectivity index (χ3n) is 4.17. The summed E-state index contributed by atoms with van der Waals surface area (Å²) in [4.78, 5) is 4.42. The van der Waals surface area contributed by atoms with E-state index in [1.165, 1.54) is 29.6 Å². The SMILES string of the molecule is C=C(/C=C\C(F)=C/C)C1c2ccc(C)c(/N=C\CC)c2NS(=O)(=O)N1C. The van der Waals surface area contributed by atoms with Crippen LogP contribution in [-0.4, -0.2) is 26.0 Å². The number of allylic oxidation sites excluding steroid dienone is 3. The first-order valence-electron chi connectivity index (χ1n) is 8.33. The summed E-state index contributed by atoms with van der Waals surface area (Å²) in [6.45, 7) is 9.37. The number of aryl methyl sites for hydroxylation is 1. The van der Waals surface area contributed by atoms with Gasteiger partial charge in [-0.2, -0.15) is 12.7 Å². The molecule has 0 bridgehead atoms. The Hall–Kier alpha value is -2.25. The normalized spacial score (nSPS) is 20.3. The Morgan fingerprint density at radius 1 is 1.42 bits per heavy atom. The van der Waals surface area contributed by atoms with E-state index in [0.29, 0.717) is 16.9 Å². The van der Waals surface area contributed by atoms with Crippen molar-refractivity contribution in [2.75, 3.05) is 11.8 Å². The standard InChI is InChI=1S/C19H24FN3O2S/c1-6-12-21-17-13(3)9-11-16-18(17)22-26(24,25)23(5)19(16)14(4)8-10-15(20)7-2/h7-12,19,22H,4,6H2,1-3,5H3/b10-8-,15-7+,21-12-. The van der Waals surface area contributed by atoms with Crippen molar-refractivity contribution >= 4 is 27.8 Å². The van der Waals surface area contributed by atoms with Crippen molar-refractivity contribution in [1.29, 1.82) is 0 Å². The summed E-state index contributed by atoms with van der Waals surface area (Å²) < 4.78 is 42.4. The fourth-order valence-electron chi connectivity index (χ4n) is 2.74. The molecule has 0 amide bonds. The van der Waals surface area contributed by atoms with Crippen LogP contribution in [-0.2, 0) is 10.2 Å². The maximum Gasteiger partial charge on any atom is 0.302 e. The van der Waals surface area contributed by atoms with Crippen LogP contribution in [0, 0.1) is 6.92 Å². The van der Waals surface area contributed by atoms with Crippen LogP contribution in [0.5, 0.6) is 0 Å². The number of nitrogens with one attached hydrogen (secondary N) is 1. The van der Waals surface area contributed by atoms with E-state index in [1.54, 1.807) is 13.1 Å². The highest BCUT2D eigenvalue weighted by molar-refractivity contribution is 7.90. The smallest absolute Gasteiger partial charge is 0.268 e. The van der Waals surface area contributed by atoms with Crippen molar-refractivity contribution < 1.29 is 12.8 Å². The number of rotatable bonds is 5. The maximum atomic E-state index is 13.4. The third kappa shape index (κ3) is 3.94. The molecule has 1 heterocycles. The molecule has 1 aliphatic rings. The molecule has 0 spiro atoms. The van der Waals surface area contributed by atoms with E-state index in [1.807, 2.05) is 26.0 Å². The van der Waals surface area contributed by atoms with Crippen LogP contribution in [0.25, 0.3) is 0 Å². The molecule has 26 heavy (non-hydrogen) atoms. The van der Waals surface area contributed by atoms with Gasteiger partial charge in [0, 0.05) is 18.8 Å². The maximum absolute atomic E-state index is 13.4. The summed E-state index contributed by atoms with van der Waals surface area (Å²) in [6, 6.07) is 3.10. The summed E-state index contributed by atoms with van der Waals surface area (Å²) in [5, 5.41) is 0. The fraction of sp³-hybridized carbons (Fsp3) is 0.316. The lowest BCUT2D eigenvalue weighted by Crippen LogP contribution is -2.40. The van der Waals surface area contributed by atoms with Gasteiger partial charge in [-0.05, 0) is 37.5 Å². The van der Waals surface area contributed by atoms with Crippen molar-refractivity contribution in [3.63, 3.8) is 0 Å². The Kier molecular flexibility index (Phi) is 6.15. The van der Waals surface area contributed by atoms with Gasteiger partial charge in [0.25, 0.3) is 0 Å². The number of nitrogens with zero attached hydrogens (tertiary/aromatic N) is 2. The van der Waals surface area contributed by atoms with Crippen molar-refractivity contribution in [3.8, 4) is 0 Å². The predicted octanol–water partition coefficient (Wildman–Crippen LogP) is 4.74. The molecule has 1 unspecified atom stereocenters. The van der Waals surface area contributed by atoms with Gasteiger partial charge in [0.1, 0.15) is 5.83 Å². The van der Waals surface area contributed by atoms with Gasteiger partial charge in [0.15, 0.2) is 0 Å². The van der Waals surface area contributed by atoms with Crippen molar-refractivity contribution in [3.05, 3.63) is 59.5 Å². The minimum absolute atomic E-state index is 0.414. The molecule has 2 rings (SSSR count). The molecule has 1 aliphatic heterocycles. The van der Waals surface area contributed by atoms with Gasteiger partial charge < -0.3 is 0 Å². The second kappa shape index (κ2) is 7.97. The molecule has 1 aromatic rings. The number of hydrogen-bond donors (Lipinski definition) is 1. The largest absolute Gasteiger partial charge is 0.302 e. The van der Waals surface area contributed by atoms with Gasteiger partial charge in [0.05, 0.1) is 17.4 Å². The van der Waals surface area contributed by atoms with E-state index in [4.69, 9.17) is 0 Å². The number of hydrogen-bond acceptors (Lipinski definition) is 3. The molecule has 0 aromatic heterocycles. The second-order valence-electron chi connectivity index (χ2n) is 6.02. The summed E-state index contributed by atoms with van der Waals surface area (Å²) in [5.74, 6) is -0.414. The minimum atomic E-state index is -3.77.